The van der Waals surface area contributed by atoms with Crippen molar-refractivity contribution < 1.29 is 33.5 Å². The molecule has 0 atom stereocenters. The van der Waals surface area contributed by atoms with Gasteiger partial charge in [-0.15, -0.1) is 0 Å². The maximum absolute atomic E-state index is 12.0. The van der Waals surface area contributed by atoms with E-state index in [-0.39, 0.29) is 30.7 Å². The first kappa shape index (κ1) is 29.5. The molecule has 0 saturated carbocycles. The Morgan fingerprint density at radius 3 is 1.48 bits per heavy atom. The lowest BCUT2D eigenvalue weighted by molar-refractivity contribution is -0.384. The number of hydrogen-bond donors (Lipinski definition) is 1. The van der Waals surface area contributed by atoms with Gasteiger partial charge in [0, 0.05) is 74.2 Å². The first-order chi connectivity index (χ1) is 20.4. The molecule has 4 aliphatic heterocycles. The van der Waals surface area contributed by atoms with Gasteiger partial charge in [-0.2, -0.15) is 0 Å². The fourth-order valence-corrected chi connectivity index (χ4v) is 5.20. The predicted octanol–water partition coefficient (Wildman–Crippen LogP) is 1.26. The summed E-state index contributed by atoms with van der Waals surface area (Å²) in [5.41, 5.74) is 9.82. The fourth-order valence-electron chi connectivity index (χ4n) is 5.20. The van der Waals surface area contributed by atoms with Crippen LogP contribution in [-0.2, 0) is 28.5 Å². The van der Waals surface area contributed by atoms with Crippen LogP contribution >= 0.6 is 0 Å². The Bertz CT molecular complexity index is 1280. The third kappa shape index (κ3) is 7.26. The van der Waals surface area contributed by atoms with Crippen LogP contribution in [0.1, 0.15) is 0 Å². The van der Waals surface area contributed by atoms with Gasteiger partial charge in [-0.05, 0) is 24.3 Å². The monoisotopic (exact) mass is 584 g/mol. The summed E-state index contributed by atoms with van der Waals surface area (Å²) in [6.07, 6.45) is 0. The number of nitrogens with two attached hydrogens (primary N) is 1. The number of carbonyl (C=O) groups is 2. The smallest absolute Gasteiger partial charge is 0.273 e. The van der Waals surface area contributed by atoms with Crippen LogP contribution in [0.3, 0.4) is 0 Å². The normalized spacial score (nSPS) is 19.8. The number of morpholine rings is 4. The number of ether oxygens (including phenoxy) is 4. The Morgan fingerprint density at radius 2 is 1.00 bits per heavy atom. The molecular formula is C28H36N6O8. The zero-order valence-electron chi connectivity index (χ0n) is 23.4. The van der Waals surface area contributed by atoms with Gasteiger partial charge in [0.2, 0.25) is 0 Å². The van der Waals surface area contributed by atoms with Gasteiger partial charge < -0.3 is 44.3 Å². The SMILES string of the molecule is Nc1cc(N2CCOCC2)cc(N2CCOCC2=O)c1.O=C1COCCN1c1cc(N2CCOCC2)cc([N+](=O)[O-])c1. The van der Waals surface area contributed by atoms with E-state index in [1.165, 1.54) is 6.07 Å². The molecule has 2 aromatic rings. The van der Waals surface area contributed by atoms with Crippen LogP contribution < -0.4 is 25.3 Å². The zero-order chi connectivity index (χ0) is 29.5. The number of non-ortho nitro benzene ring substituents is 1. The number of carbonyl (C=O) groups excluding carboxylic acids is 2. The van der Waals surface area contributed by atoms with Gasteiger partial charge in [-0.3, -0.25) is 19.7 Å². The summed E-state index contributed by atoms with van der Waals surface area (Å²) in [6.45, 7) is 7.80. The van der Waals surface area contributed by atoms with E-state index in [0.29, 0.717) is 64.0 Å². The maximum atomic E-state index is 12.0. The van der Waals surface area contributed by atoms with Crippen molar-refractivity contribution in [3.05, 3.63) is 46.5 Å². The van der Waals surface area contributed by atoms with E-state index in [1.54, 1.807) is 15.9 Å². The number of anilines is 5. The average molecular weight is 585 g/mol. The number of benzene rings is 2. The van der Waals surface area contributed by atoms with E-state index >= 15 is 0 Å². The summed E-state index contributed by atoms with van der Waals surface area (Å²) in [5.74, 6) is -0.200. The van der Waals surface area contributed by atoms with Crippen molar-refractivity contribution >= 4 is 45.9 Å². The number of nitro groups is 1. The van der Waals surface area contributed by atoms with Crippen LogP contribution in [0.4, 0.5) is 34.1 Å². The lowest BCUT2D eigenvalue weighted by Gasteiger charge is -2.31. The minimum absolute atomic E-state index is 0.00950. The van der Waals surface area contributed by atoms with Crippen LogP contribution in [0, 0.1) is 10.1 Å². The molecule has 6 rings (SSSR count). The summed E-state index contributed by atoms with van der Waals surface area (Å²) < 4.78 is 20.9. The topological polar surface area (TPSA) is 153 Å². The largest absolute Gasteiger partial charge is 0.399 e. The zero-order valence-corrected chi connectivity index (χ0v) is 23.4. The van der Waals surface area contributed by atoms with Crippen LogP contribution in [0.15, 0.2) is 36.4 Å². The standard InChI is InChI=1S/C14H17N3O5.C14H19N3O3/c18-14-10-22-6-3-16(14)12-7-11(8-13(9-12)17(19)20)15-1-4-21-5-2-15;15-11-7-12(16-1-4-19-5-2-16)9-13(8-11)17-3-6-20-10-14(17)18/h7-9H,1-6,10H2;7-9H,1-6,10,15H2. The van der Waals surface area contributed by atoms with Crippen molar-refractivity contribution in [2.75, 3.05) is 117 Å². The molecule has 4 heterocycles. The van der Waals surface area contributed by atoms with Gasteiger partial charge in [0.05, 0.1) is 50.3 Å². The van der Waals surface area contributed by atoms with Gasteiger partial charge in [0.25, 0.3) is 17.5 Å². The Kier molecular flexibility index (Phi) is 9.69. The van der Waals surface area contributed by atoms with Crippen molar-refractivity contribution in [3.8, 4) is 0 Å². The molecule has 2 N–H and O–H groups in total. The quantitative estimate of drug-likeness (QED) is 0.307. The number of rotatable bonds is 5. The highest BCUT2D eigenvalue weighted by atomic mass is 16.6. The van der Waals surface area contributed by atoms with E-state index in [0.717, 1.165) is 43.4 Å². The van der Waals surface area contributed by atoms with Gasteiger partial charge in [-0.25, -0.2) is 0 Å². The van der Waals surface area contributed by atoms with E-state index in [1.807, 2.05) is 29.2 Å². The molecule has 0 bridgehead atoms. The Hall–Kier alpha value is -3.98. The number of nitro benzene ring substituents is 1. The molecule has 2 amide bonds. The van der Waals surface area contributed by atoms with E-state index in [2.05, 4.69) is 4.90 Å². The summed E-state index contributed by atoms with van der Waals surface area (Å²) in [7, 11) is 0. The molecule has 2 aromatic carbocycles. The van der Waals surface area contributed by atoms with Crippen molar-refractivity contribution in [2.24, 2.45) is 0 Å². The molecule has 0 spiro atoms. The second kappa shape index (κ2) is 13.8. The van der Waals surface area contributed by atoms with E-state index in [9.17, 15) is 19.7 Å². The first-order valence-electron chi connectivity index (χ1n) is 14.0. The van der Waals surface area contributed by atoms with Crippen molar-refractivity contribution in [1.82, 2.24) is 0 Å². The minimum Gasteiger partial charge on any atom is -0.399 e. The molecule has 0 aromatic heterocycles. The summed E-state index contributed by atoms with van der Waals surface area (Å²) >= 11 is 0. The second-order valence-electron chi connectivity index (χ2n) is 10.1. The van der Waals surface area contributed by atoms with Crippen molar-refractivity contribution in [3.63, 3.8) is 0 Å². The molecule has 14 nitrogen and oxygen atoms in total. The first-order valence-corrected chi connectivity index (χ1v) is 14.0. The summed E-state index contributed by atoms with van der Waals surface area (Å²) in [6, 6.07) is 10.6. The van der Waals surface area contributed by atoms with Gasteiger partial charge in [0.1, 0.15) is 13.2 Å². The van der Waals surface area contributed by atoms with Gasteiger partial charge in [-0.1, -0.05) is 0 Å². The average Bonchev–Trinajstić information content (AvgIpc) is 3.02. The summed E-state index contributed by atoms with van der Waals surface area (Å²) in [5, 5.41) is 11.2. The van der Waals surface area contributed by atoms with Crippen LogP contribution in [-0.4, -0.2) is 109 Å². The number of amides is 2. The Morgan fingerprint density at radius 1 is 0.595 bits per heavy atom. The highest BCUT2D eigenvalue weighted by Gasteiger charge is 2.25. The number of nitrogen functional groups attached to an aromatic ring is 1. The Balaban J connectivity index is 0.000000169. The molecule has 4 aliphatic rings. The fraction of sp³-hybridized carbons (Fsp3) is 0.500. The second-order valence-corrected chi connectivity index (χ2v) is 10.1. The third-order valence-electron chi connectivity index (χ3n) is 7.37. The lowest BCUT2D eigenvalue weighted by Crippen LogP contribution is -2.42. The van der Waals surface area contributed by atoms with Crippen LogP contribution in [0.25, 0.3) is 0 Å². The van der Waals surface area contributed by atoms with E-state index < -0.39 is 4.92 Å². The van der Waals surface area contributed by atoms with Gasteiger partial charge in [0.15, 0.2) is 0 Å². The molecule has 0 radical (unpaired) electrons. The molecule has 4 fully saturated rings. The van der Waals surface area contributed by atoms with E-state index in [4.69, 9.17) is 24.7 Å². The highest BCUT2D eigenvalue weighted by Crippen LogP contribution is 2.31. The molecular weight excluding hydrogens is 548 g/mol. The maximum Gasteiger partial charge on any atom is 0.273 e. The molecule has 14 heteroatoms. The predicted molar refractivity (Wildman–Crippen MR) is 156 cm³/mol. The summed E-state index contributed by atoms with van der Waals surface area (Å²) in [4.78, 5) is 42.2. The van der Waals surface area contributed by atoms with Crippen LogP contribution in [0.2, 0.25) is 0 Å². The van der Waals surface area contributed by atoms with Gasteiger partial charge >= 0.3 is 0 Å². The lowest BCUT2D eigenvalue weighted by atomic mass is 10.2. The third-order valence-corrected chi connectivity index (χ3v) is 7.37. The molecule has 0 aliphatic carbocycles. The van der Waals surface area contributed by atoms with Crippen LogP contribution in [0.5, 0.6) is 0 Å². The Labute approximate surface area is 243 Å². The molecule has 4 saturated heterocycles. The highest BCUT2D eigenvalue weighted by molar-refractivity contribution is 5.96. The molecule has 0 unspecified atom stereocenters. The molecule has 226 valence electrons. The van der Waals surface area contributed by atoms with Crippen molar-refractivity contribution in [1.29, 1.82) is 0 Å². The van der Waals surface area contributed by atoms with Crippen molar-refractivity contribution in [2.45, 2.75) is 0 Å². The minimum atomic E-state index is -0.432. The number of hydrogen-bond acceptors (Lipinski definition) is 11. The number of nitrogens with zero attached hydrogens (tertiary/aromatic N) is 5. The molecule has 42 heavy (non-hydrogen) atoms.